The second-order valence-corrected chi connectivity index (χ2v) is 4.55. The van der Waals surface area contributed by atoms with E-state index in [1.165, 1.54) is 5.56 Å². The third-order valence-electron chi connectivity index (χ3n) is 2.41. The fraction of sp³-hybridized carbons (Fsp3) is 0.417. The molecular weight excluding hydrogens is 270 g/mol. The second-order valence-electron chi connectivity index (χ2n) is 3.64. The summed E-state index contributed by atoms with van der Waals surface area (Å²) in [7, 11) is 0. The lowest BCUT2D eigenvalue weighted by atomic mass is 10.2. The van der Waals surface area contributed by atoms with E-state index >= 15 is 0 Å². The monoisotopic (exact) mass is 285 g/mol. The lowest BCUT2D eigenvalue weighted by Crippen LogP contribution is -2.25. The van der Waals surface area contributed by atoms with Crippen molar-refractivity contribution in [2.24, 2.45) is 0 Å². The fourth-order valence-electron chi connectivity index (χ4n) is 1.45. The minimum Gasteiger partial charge on any atom is -0.481 e. The maximum Gasteiger partial charge on any atom is 0.304 e. The van der Waals surface area contributed by atoms with Gasteiger partial charge < -0.3 is 5.11 Å². The molecule has 0 aliphatic heterocycles. The Morgan fingerprint density at radius 3 is 2.50 bits per heavy atom. The first kappa shape index (κ1) is 13.2. The molecule has 1 N–H and O–H groups in total. The molecule has 0 bridgehead atoms. The summed E-state index contributed by atoms with van der Waals surface area (Å²) < 4.78 is 1.06. The number of carboxylic acids is 1. The molecule has 0 aromatic heterocycles. The highest BCUT2D eigenvalue weighted by atomic mass is 79.9. The quantitative estimate of drug-likeness (QED) is 0.874. The average Bonchev–Trinajstić information content (AvgIpc) is 2.26. The van der Waals surface area contributed by atoms with Crippen LogP contribution in [0.2, 0.25) is 0 Å². The van der Waals surface area contributed by atoms with Crippen LogP contribution in [0.15, 0.2) is 28.7 Å². The third kappa shape index (κ3) is 4.77. The van der Waals surface area contributed by atoms with Crippen LogP contribution in [0.3, 0.4) is 0 Å². The number of halogens is 1. The van der Waals surface area contributed by atoms with E-state index < -0.39 is 5.97 Å². The predicted octanol–water partition coefficient (Wildman–Crippen LogP) is 2.75. The SMILES string of the molecule is CCN(CCC(=O)O)Cc1ccc(Br)cc1. The molecule has 0 spiro atoms. The van der Waals surface area contributed by atoms with E-state index in [0.717, 1.165) is 17.6 Å². The van der Waals surface area contributed by atoms with E-state index in [1.54, 1.807) is 0 Å². The normalized spacial score (nSPS) is 10.7. The molecule has 0 saturated heterocycles. The molecule has 0 heterocycles. The van der Waals surface area contributed by atoms with Crippen molar-refractivity contribution in [3.05, 3.63) is 34.3 Å². The molecule has 1 aromatic carbocycles. The molecule has 0 unspecified atom stereocenters. The highest BCUT2D eigenvalue weighted by Crippen LogP contribution is 2.12. The van der Waals surface area contributed by atoms with Crippen LogP contribution in [0.25, 0.3) is 0 Å². The minimum absolute atomic E-state index is 0.199. The second kappa shape index (κ2) is 6.66. The zero-order chi connectivity index (χ0) is 12.0. The van der Waals surface area contributed by atoms with Gasteiger partial charge in [0.05, 0.1) is 6.42 Å². The third-order valence-corrected chi connectivity index (χ3v) is 2.94. The highest BCUT2D eigenvalue weighted by Gasteiger charge is 2.06. The largest absolute Gasteiger partial charge is 0.481 e. The topological polar surface area (TPSA) is 40.5 Å². The molecule has 0 fully saturated rings. The smallest absolute Gasteiger partial charge is 0.304 e. The van der Waals surface area contributed by atoms with Gasteiger partial charge in [-0.3, -0.25) is 9.69 Å². The Labute approximate surface area is 104 Å². The maximum atomic E-state index is 10.5. The summed E-state index contributed by atoms with van der Waals surface area (Å²) in [6, 6.07) is 8.10. The maximum absolute atomic E-state index is 10.5. The summed E-state index contributed by atoms with van der Waals surface area (Å²) in [6.07, 6.45) is 0.199. The molecule has 4 heteroatoms. The molecular formula is C12H16BrNO2. The van der Waals surface area contributed by atoms with Gasteiger partial charge in [0, 0.05) is 17.6 Å². The summed E-state index contributed by atoms with van der Waals surface area (Å²) in [5.74, 6) is -0.741. The van der Waals surface area contributed by atoms with Gasteiger partial charge in [-0.25, -0.2) is 0 Å². The summed E-state index contributed by atoms with van der Waals surface area (Å²) >= 11 is 3.39. The molecule has 88 valence electrons. The number of benzene rings is 1. The van der Waals surface area contributed by atoms with E-state index in [4.69, 9.17) is 5.11 Å². The molecule has 16 heavy (non-hydrogen) atoms. The molecule has 3 nitrogen and oxygen atoms in total. The Morgan fingerprint density at radius 1 is 1.38 bits per heavy atom. The zero-order valence-electron chi connectivity index (χ0n) is 9.32. The Morgan fingerprint density at radius 2 is 2.00 bits per heavy atom. The number of rotatable bonds is 6. The van der Waals surface area contributed by atoms with Crippen LogP contribution in [0.1, 0.15) is 18.9 Å². The summed E-state index contributed by atoms with van der Waals surface area (Å²) in [5.41, 5.74) is 1.20. The van der Waals surface area contributed by atoms with Crippen molar-refractivity contribution >= 4 is 21.9 Å². The van der Waals surface area contributed by atoms with E-state index in [9.17, 15) is 4.79 Å². The summed E-state index contributed by atoms with van der Waals surface area (Å²) in [5, 5.41) is 8.63. The van der Waals surface area contributed by atoms with Crippen LogP contribution in [-0.2, 0) is 11.3 Å². The van der Waals surface area contributed by atoms with Crippen LogP contribution in [-0.4, -0.2) is 29.1 Å². The number of aliphatic carboxylic acids is 1. The number of carbonyl (C=O) groups is 1. The average molecular weight is 286 g/mol. The molecule has 0 amide bonds. The zero-order valence-corrected chi connectivity index (χ0v) is 10.9. The number of carboxylic acid groups (broad SMARTS) is 1. The van der Waals surface area contributed by atoms with Gasteiger partial charge in [0.1, 0.15) is 0 Å². The Bertz CT molecular complexity index is 337. The Hall–Kier alpha value is -0.870. The molecule has 0 aliphatic carbocycles. The first-order valence-corrected chi connectivity index (χ1v) is 6.09. The van der Waals surface area contributed by atoms with Gasteiger partial charge in [0.15, 0.2) is 0 Å². The highest BCUT2D eigenvalue weighted by molar-refractivity contribution is 9.10. The summed E-state index contributed by atoms with van der Waals surface area (Å²) in [4.78, 5) is 12.6. The van der Waals surface area contributed by atoms with Crippen molar-refractivity contribution in [2.45, 2.75) is 19.9 Å². The van der Waals surface area contributed by atoms with Gasteiger partial charge in [-0.1, -0.05) is 35.0 Å². The van der Waals surface area contributed by atoms with Gasteiger partial charge in [-0.05, 0) is 24.2 Å². The van der Waals surface area contributed by atoms with Gasteiger partial charge in [0.2, 0.25) is 0 Å². The van der Waals surface area contributed by atoms with Crippen molar-refractivity contribution in [3.63, 3.8) is 0 Å². The van der Waals surface area contributed by atoms with Crippen LogP contribution >= 0.6 is 15.9 Å². The molecule has 1 aromatic rings. The van der Waals surface area contributed by atoms with Crippen LogP contribution < -0.4 is 0 Å². The van der Waals surface area contributed by atoms with Crippen molar-refractivity contribution < 1.29 is 9.90 Å². The van der Waals surface area contributed by atoms with E-state index in [2.05, 4.69) is 20.8 Å². The van der Waals surface area contributed by atoms with Crippen molar-refractivity contribution in [2.75, 3.05) is 13.1 Å². The van der Waals surface area contributed by atoms with Gasteiger partial charge >= 0.3 is 5.97 Å². The first-order valence-electron chi connectivity index (χ1n) is 5.30. The predicted molar refractivity (Wildman–Crippen MR) is 67.3 cm³/mol. The fourth-order valence-corrected chi connectivity index (χ4v) is 1.72. The molecule has 0 aliphatic rings. The van der Waals surface area contributed by atoms with Gasteiger partial charge in [0.25, 0.3) is 0 Å². The van der Waals surface area contributed by atoms with E-state index in [1.807, 2.05) is 31.2 Å². The van der Waals surface area contributed by atoms with Crippen LogP contribution in [0.5, 0.6) is 0 Å². The van der Waals surface area contributed by atoms with Crippen molar-refractivity contribution in [1.29, 1.82) is 0 Å². The van der Waals surface area contributed by atoms with Crippen molar-refractivity contribution in [3.8, 4) is 0 Å². The molecule has 0 atom stereocenters. The van der Waals surface area contributed by atoms with Gasteiger partial charge in [-0.15, -0.1) is 0 Å². The standard InChI is InChI=1S/C12H16BrNO2/c1-2-14(8-7-12(15)16)9-10-3-5-11(13)6-4-10/h3-6H,2,7-9H2,1H3,(H,15,16). The van der Waals surface area contributed by atoms with Crippen LogP contribution in [0, 0.1) is 0 Å². The lowest BCUT2D eigenvalue weighted by Gasteiger charge is -2.19. The van der Waals surface area contributed by atoms with E-state index in [-0.39, 0.29) is 6.42 Å². The van der Waals surface area contributed by atoms with Gasteiger partial charge in [-0.2, -0.15) is 0 Å². The molecule has 1 rings (SSSR count). The molecule has 0 saturated carbocycles. The minimum atomic E-state index is -0.741. The number of hydrogen-bond acceptors (Lipinski definition) is 2. The Kier molecular flexibility index (Phi) is 5.49. The molecule has 0 radical (unpaired) electrons. The van der Waals surface area contributed by atoms with Crippen LogP contribution in [0.4, 0.5) is 0 Å². The van der Waals surface area contributed by atoms with Crippen molar-refractivity contribution in [1.82, 2.24) is 4.90 Å². The number of nitrogens with zero attached hydrogens (tertiary/aromatic N) is 1. The number of hydrogen-bond donors (Lipinski definition) is 1. The first-order chi connectivity index (χ1) is 7.61. The summed E-state index contributed by atoms with van der Waals surface area (Å²) in [6.45, 7) is 4.31. The lowest BCUT2D eigenvalue weighted by molar-refractivity contribution is -0.137. The Balaban J connectivity index is 2.49. The van der Waals surface area contributed by atoms with E-state index in [0.29, 0.717) is 6.54 Å².